The Kier molecular flexibility index (Phi) is 4.80. The molecule has 0 saturated carbocycles. The molecule has 98 valence electrons. The second-order valence-corrected chi connectivity index (χ2v) is 5.50. The minimum absolute atomic E-state index is 0.205. The lowest BCUT2D eigenvalue weighted by Crippen LogP contribution is -2.41. The van der Waals surface area contributed by atoms with Gasteiger partial charge >= 0.3 is 0 Å². The fourth-order valence-electron chi connectivity index (χ4n) is 2.65. The van der Waals surface area contributed by atoms with Crippen LogP contribution in [0.4, 0.5) is 0 Å². The van der Waals surface area contributed by atoms with Crippen LogP contribution in [0.5, 0.6) is 0 Å². The average molecular weight is 239 g/mol. The number of nitrogens with one attached hydrogen (secondary N) is 2. The Morgan fingerprint density at radius 3 is 2.76 bits per heavy atom. The second-order valence-electron chi connectivity index (χ2n) is 5.50. The zero-order chi connectivity index (χ0) is 12.1. The number of amides is 1. The van der Waals surface area contributed by atoms with Crippen LogP contribution in [0.1, 0.15) is 26.2 Å². The molecule has 0 aliphatic carbocycles. The van der Waals surface area contributed by atoms with E-state index in [0.717, 1.165) is 38.5 Å². The van der Waals surface area contributed by atoms with Gasteiger partial charge in [-0.25, -0.2) is 0 Å². The van der Waals surface area contributed by atoms with Crippen LogP contribution in [-0.2, 0) is 4.79 Å². The highest BCUT2D eigenvalue weighted by molar-refractivity contribution is 5.79. The molecular formula is C13H25N3O. The maximum Gasteiger partial charge on any atom is 0.224 e. The molecular weight excluding hydrogens is 214 g/mol. The van der Waals surface area contributed by atoms with Crippen molar-refractivity contribution in [2.24, 2.45) is 11.8 Å². The third kappa shape index (κ3) is 3.96. The molecule has 4 nitrogen and oxygen atoms in total. The number of carbonyl (C=O) groups is 1. The van der Waals surface area contributed by atoms with E-state index in [-0.39, 0.29) is 11.8 Å². The van der Waals surface area contributed by atoms with Crippen molar-refractivity contribution in [3.05, 3.63) is 0 Å². The molecule has 2 aliphatic heterocycles. The SMILES string of the molecule is CC1CCN(CCNC(=O)C2CCNC2)CC1. The van der Waals surface area contributed by atoms with Gasteiger partial charge < -0.3 is 15.5 Å². The summed E-state index contributed by atoms with van der Waals surface area (Å²) >= 11 is 0. The van der Waals surface area contributed by atoms with E-state index in [1.54, 1.807) is 0 Å². The predicted octanol–water partition coefficient (Wildman–Crippen LogP) is 0.444. The van der Waals surface area contributed by atoms with Crippen molar-refractivity contribution in [1.82, 2.24) is 15.5 Å². The molecule has 1 amide bonds. The average Bonchev–Trinajstić information content (AvgIpc) is 2.85. The lowest BCUT2D eigenvalue weighted by molar-refractivity contribution is -0.124. The van der Waals surface area contributed by atoms with Crippen LogP contribution in [0.15, 0.2) is 0 Å². The molecule has 0 aromatic carbocycles. The zero-order valence-electron chi connectivity index (χ0n) is 10.9. The van der Waals surface area contributed by atoms with E-state index in [9.17, 15) is 4.79 Å². The molecule has 2 rings (SSSR count). The van der Waals surface area contributed by atoms with Crippen LogP contribution >= 0.6 is 0 Å². The third-order valence-corrected chi connectivity index (χ3v) is 4.03. The summed E-state index contributed by atoms with van der Waals surface area (Å²) in [5.74, 6) is 1.32. The van der Waals surface area contributed by atoms with Crippen molar-refractivity contribution in [3.8, 4) is 0 Å². The van der Waals surface area contributed by atoms with Gasteiger partial charge in [0.2, 0.25) is 5.91 Å². The largest absolute Gasteiger partial charge is 0.355 e. The second kappa shape index (κ2) is 6.36. The molecule has 4 heteroatoms. The van der Waals surface area contributed by atoms with Gasteiger partial charge in [-0.1, -0.05) is 6.92 Å². The van der Waals surface area contributed by atoms with Crippen molar-refractivity contribution in [2.45, 2.75) is 26.2 Å². The molecule has 0 spiro atoms. The van der Waals surface area contributed by atoms with Crippen LogP contribution in [0.25, 0.3) is 0 Å². The van der Waals surface area contributed by atoms with Crippen molar-refractivity contribution in [2.75, 3.05) is 39.3 Å². The maximum absolute atomic E-state index is 11.8. The minimum Gasteiger partial charge on any atom is -0.355 e. The van der Waals surface area contributed by atoms with Gasteiger partial charge in [0.15, 0.2) is 0 Å². The Bertz CT molecular complexity index is 243. The Hall–Kier alpha value is -0.610. The smallest absolute Gasteiger partial charge is 0.224 e. The first-order valence-electron chi connectivity index (χ1n) is 6.96. The van der Waals surface area contributed by atoms with E-state index >= 15 is 0 Å². The molecule has 17 heavy (non-hydrogen) atoms. The van der Waals surface area contributed by atoms with Crippen molar-refractivity contribution < 1.29 is 4.79 Å². The first-order valence-corrected chi connectivity index (χ1v) is 6.96. The first-order chi connectivity index (χ1) is 8.25. The van der Waals surface area contributed by atoms with E-state index < -0.39 is 0 Å². The van der Waals surface area contributed by atoms with Gasteiger partial charge in [-0.05, 0) is 44.8 Å². The first kappa shape index (κ1) is 12.8. The summed E-state index contributed by atoms with van der Waals surface area (Å²) in [6.07, 6.45) is 3.61. The van der Waals surface area contributed by atoms with Gasteiger partial charge in [-0.15, -0.1) is 0 Å². The Labute approximate surface area is 104 Å². The molecule has 0 radical (unpaired) electrons. The highest BCUT2D eigenvalue weighted by Gasteiger charge is 2.22. The molecule has 0 bridgehead atoms. The van der Waals surface area contributed by atoms with Crippen LogP contribution in [0.2, 0.25) is 0 Å². The number of hydrogen-bond acceptors (Lipinski definition) is 3. The summed E-state index contributed by atoms with van der Waals surface area (Å²) < 4.78 is 0. The van der Waals surface area contributed by atoms with Crippen LogP contribution in [0.3, 0.4) is 0 Å². The zero-order valence-corrected chi connectivity index (χ0v) is 10.9. The fraction of sp³-hybridized carbons (Fsp3) is 0.923. The van der Waals surface area contributed by atoms with Gasteiger partial charge in [0.05, 0.1) is 5.92 Å². The minimum atomic E-state index is 0.205. The lowest BCUT2D eigenvalue weighted by Gasteiger charge is -2.30. The van der Waals surface area contributed by atoms with E-state index in [2.05, 4.69) is 22.5 Å². The monoisotopic (exact) mass is 239 g/mol. The van der Waals surface area contributed by atoms with E-state index in [1.807, 2.05) is 0 Å². The maximum atomic E-state index is 11.8. The number of nitrogens with zero attached hydrogens (tertiary/aromatic N) is 1. The normalized spacial score (nSPS) is 27.2. The summed E-state index contributed by atoms with van der Waals surface area (Å²) in [5, 5.41) is 6.29. The summed E-state index contributed by atoms with van der Waals surface area (Å²) in [6.45, 7) is 8.38. The highest BCUT2D eigenvalue weighted by Crippen LogP contribution is 2.15. The van der Waals surface area contributed by atoms with Gasteiger partial charge in [0, 0.05) is 19.6 Å². The summed E-state index contributed by atoms with van der Waals surface area (Å²) in [6, 6.07) is 0. The Balaban J connectivity index is 1.57. The van der Waals surface area contributed by atoms with Crippen molar-refractivity contribution in [1.29, 1.82) is 0 Å². The van der Waals surface area contributed by atoms with E-state index in [4.69, 9.17) is 0 Å². The molecule has 2 fully saturated rings. The van der Waals surface area contributed by atoms with Gasteiger partial charge in [0.25, 0.3) is 0 Å². The van der Waals surface area contributed by atoms with E-state index in [0.29, 0.717) is 0 Å². The molecule has 2 aliphatic rings. The molecule has 2 heterocycles. The number of rotatable bonds is 4. The number of piperidine rings is 1. The number of hydrogen-bond donors (Lipinski definition) is 2. The number of likely N-dealkylation sites (tertiary alicyclic amines) is 1. The topological polar surface area (TPSA) is 44.4 Å². The van der Waals surface area contributed by atoms with Crippen LogP contribution in [0, 0.1) is 11.8 Å². The third-order valence-electron chi connectivity index (χ3n) is 4.03. The van der Waals surface area contributed by atoms with Gasteiger partial charge in [0.1, 0.15) is 0 Å². The lowest BCUT2D eigenvalue weighted by atomic mass is 9.99. The molecule has 1 unspecified atom stereocenters. The highest BCUT2D eigenvalue weighted by atomic mass is 16.1. The van der Waals surface area contributed by atoms with Crippen LogP contribution in [-0.4, -0.2) is 50.1 Å². The summed E-state index contributed by atoms with van der Waals surface area (Å²) in [4.78, 5) is 14.2. The predicted molar refractivity (Wildman–Crippen MR) is 68.8 cm³/mol. The molecule has 2 N–H and O–H groups in total. The fourth-order valence-corrected chi connectivity index (χ4v) is 2.65. The standard InChI is InChI=1S/C13H25N3O/c1-11-3-7-16(8-4-11)9-6-15-13(17)12-2-5-14-10-12/h11-12,14H,2-10H2,1H3,(H,15,17). The Morgan fingerprint density at radius 2 is 2.12 bits per heavy atom. The van der Waals surface area contributed by atoms with E-state index in [1.165, 1.54) is 25.9 Å². The van der Waals surface area contributed by atoms with Crippen molar-refractivity contribution in [3.63, 3.8) is 0 Å². The number of carbonyl (C=O) groups excluding carboxylic acids is 1. The quantitative estimate of drug-likeness (QED) is 0.748. The summed E-state index contributed by atoms with van der Waals surface area (Å²) in [7, 11) is 0. The molecule has 1 atom stereocenters. The van der Waals surface area contributed by atoms with Gasteiger partial charge in [-0.2, -0.15) is 0 Å². The molecule has 0 aromatic rings. The van der Waals surface area contributed by atoms with Gasteiger partial charge in [-0.3, -0.25) is 4.79 Å². The summed E-state index contributed by atoms with van der Waals surface area (Å²) in [5.41, 5.74) is 0. The van der Waals surface area contributed by atoms with Crippen molar-refractivity contribution >= 4 is 5.91 Å². The molecule has 0 aromatic heterocycles. The Morgan fingerprint density at radius 1 is 1.35 bits per heavy atom. The van der Waals surface area contributed by atoms with Crippen LogP contribution < -0.4 is 10.6 Å². The molecule has 2 saturated heterocycles.